The second kappa shape index (κ2) is 7.13. The number of rotatable bonds is 6. The highest BCUT2D eigenvalue weighted by atomic mass is 32.1. The van der Waals surface area contributed by atoms with E-state index in [9.17, 15) is 9.59 Å². The molecule has 0 spiro atoms. The Hall–Kier alpha value is -1.56. The van der Waals surface area contributed by atoms with Gasteiger partial charge in [0.1, 0.15) is 0 Å². The SMILES string of the molecule is CCC(NC(=O)NC(C(=O)O)c1cccs1)C(C)C. The van der Waals surface area contributed by atoms with Gasteiger partial charge in [-0.2, -0.15) is 0 Å². The van der Waals surface area contributed by atoms with E-state index in [-0.39, 0.29) is 6.04 Å². The van der Waals surface area contributed by atoms with Crippen molar-refractivity contribution < 1.29 is 14.7 Å². The van der Waals surface area contributed by atoms with Gasteiger partial charge in [-0.3, -0.25) is 0 Å². The van der Waals surface area contributed by atoms with E-state index < -0.39 is 18.0 Å². The molecule has 6 heteroatoms. The van der Waals surface area contributed by atoms with Gasteiger partial charge in [0.25, 0.3) is 0 Å². The summed E-state index contributed by atoms with van der Waals surface area (Å²) in [7, 11) is 0. The standard InChI is InChI=1S/C13H20N2O3S/c1-4-9(8(2)3)14-13(18)15-11(12(16)17)10-6-5-7-19-10/h5-9,11H,4H2,1-3H3,(H,16,17)(H2,14,15,18). The van der Waals surface area contributed by atoms with E-state index in [1.807, 2.05) is 20.8 Å². The molecule has 0 aromatic carbocycles. The maximum atomic E-state index is 11.8. The number of carbonyl (C=O) groups excluding carboxylic acids is 1. The maximum absolute atomic E-state index is 11.8. The van der Waals surface area contributed by atoms with Crippen molar-refractivity contribution in [3.8, 4) is 0 Å². The molecule has 19 heavy (non-hydrogen) atoms. The van der Waals surface area contributed by atoms with Crippen LogP contribution in [0.1, 0.15) is 38.1 Å². The maximum Gasteiger partial charge on any atom is 0.331 e. The van der Waals surface area contributed by atoms with Crippen LogP contribution in [-0.4, -0.2) is 23.1 Å². The summed E-state index contributed by atoms with van der Waals surface area (Å²) >= 11 is 1.31. The first kappa shape index (κ1) is 15.5. The first-order valence-corrected chi connectivity index (χ1v) is 7.16. The number of aliphatic carboxylic acids is 1. The largest absolute Gasteiger partial charge is 0.479 e. The quantitative estimate of drug-likeness (QED) is 0.751. The first-order chi connectivity index (χ1) is 8.95. The minimum atomic E-state index is -1.06. The summed E-state index contributed by atoms with van der Waals surface area (Å²) in [6.45, 7) is 6.02. The van der Waals surface area contributed by atoms with Crippen molar-refractivity contribution in [2.75, 3.05) is 0 Å². The lowest BCUT2D eigenvalue weighted by molar-refractivity contribution is -0.139. The van der Waals surface area contributed by atoms with E-state index >= 15 is 0 Å². The van der Waals surface area contributed by atoms with Crippen molar-refractivity contribution >= 4 is 23.3 Å². The Bertz CT molecular complexity index is 418. The molecule has 0 fully saturated rings. The molecule has 2 unspecified atom stereocenters. The van der Waals surface area contributed by atoms with Crippen LogP contribution in [0.15, 0.2) is 17.5 Å². The van der Waals surface area contributed by atoms with Gasteiger partial charge in [0, 0.05) is 10.9 Å². The van der Waals surface area contributed by atoms with Gasteiger partial charge in [0.15, 0.2) is 6.04 Å². The fraction of sp³-hybridized carbons (Fsp3) is 0.538. The summed E-state index contributed by atoms with van der Waals surface area (Å²) in [6.07, 6.45) is 0.807. The molecule has 1 aromatic rings. The third-order valence-electron chi connectivity index (χ3n) is 2.91. The Morgan fingerprint density at radius 1 is 1.37 bits per heavy atom. The Labute approximate surface area is 117 Å². The molecule has 0 saturated carbocycles. The Morgan fingerprint density at radius 3 is 2.47 bits per heavy atom. The summed E-state index contributed by atoms with van der Waals surface area (Å²) in [5.41, 5.74) is 0. The average Bonchev–Trinajstić information content (AvgIpc) is 2.85. The van der Waals surface area contributed by atoms with Crippen LogP contribution in [0.5, 0.6) is 0 Å². The van der Waals surface area contributed by atoms with Crippen molar-refractivity contribution in [3.63, 3.8) is 0 Å². The van der Waals surface area contributed by atoms with Crippen LogP contribution < -0.4 is 10.6 Å². The minimum absolute atomic E-state index is 0.0396. The summed E-state index contributed by atoms with van der Waals surface area (Å²) in [6, 6.07) is 2.06. The Morgan fingerprint density at radius 2 is 2.05 bits per heavy atom. The number of carboxylic acid groups (broad SMARTS) is 1. The van der Waals surface area contributed by atoms with E-state index in [0.717, 1.165) is 6.42 Å². The number of nitrogens with one attached hydrogen (secondary N) is 2. The van der Waals surface area contributed by atoms with Crippen molar-refractivity contribution in [1.82, 2.24) is 10.6 Å². The van der Waals surface area contributed by atoms with Crippen molar-refractivity contribution in [1.29, 1.82) is 0 Å². The van der Waals surface area contributed by atoms with Gasteiger partial charge in [0.05, 0.1) is 0 Å². The zero-order valence-electron chi connectivity index (χ0n) is 11.3. The molecule has 3 N–H and O–H groups in total. The second-order valence-electron chi connectivity index (χ2n) is 4.66. The lowest BCUT2D eigenvalue weighted by atomic mass is 10.0. The second-order valence-corrected chi connectivity index (χ2v) is 5.64. The third-order valence-corrected chi connectivity index (χ3v) is 3.85. The van der Waals surface area contributed by atoms with Crippen LogP contribution in [-0.2, 0) is 4.79 Å². The first-order valence-electron chi connectivity index (χ1n) is 6.29. The minimum Gasteiger partial charge on any atom is -0.479 e. The van der Waals surface area contributed by atoms with Gasteiger partial charge in [-0.1, -0.05) is 26.8 Å². The predicted molar refractivity (Wildman–Crippen MR) is 75.3 cm³/mol. The predicted octanol–water partition coefficient (Wildman–Crippen LogP) is 2.61. The highest BCUT2D eigenvalue weighted by molar-refractivity contribution is 7.10. The van der Waals surface area contributed by atoms with E-state index in [4.69, 9.17) is 5.11 Å². The summed E-state index contributed by atoms with van der Waals surface area (Å²) in [5.74, 6) is -0.754. The van der Waals surface area contributed by atoms with E-state index in [1.165, 1.54) is 11.3 Å². The zero-order valence-corrected chi connectivity index (χ0v) is 12.2. The number of carboxylic acids is 1. The molecule has 5 nitrogen and oxygen atoms in total. The molecule has 0 bridgehead atoms. The van der Waals surface area contributed by atoms with Crippen LogP contribution in [0.3, 0.4) is 0 Å². The molecule has 2 amide bonds. The van der Waals surface area contributed by atoms with Gasteiger partial charge >= 0.3 is 12.0 Å². The number of hydrogen-bond donors (Lipinski definition) is 3. The molecule has 1 rings (SSSR count). The van der Waals surface area contributed by atoms with Crippen LogP contribution in [0.4, 0.5) is 4.79 Å². The molecule has 0 radical (unpaired) electrons. The molecule has 0 aliphatic carbocycles. The zero-order chi connectivity index (χ0) is 14.4. The molecular formula is C13H20N2O3S. The number of urea groups is 1. The molecule has 0 saturated heterocycles. The number of amides is 2. The van der Waals surface area contributed by atoms with E-state index in [2.05, 4.69) is 10.6 Å². The third kappa shape index (κ3) is 4.55. The molecular weight excluding hydrogens is 264 g/mol. The lowest BCUT2D eigenvalue weighted by Gasteiger charge is -2.22. The average molecular weight is 284 g/mol. The van der Waals surface area contributed by atoms with Gasteiger partial charge in [-0.05, 0) is 23.8 Å². The molecule has 1 heterocycles. The van der Waals surface area contributed by atoms with Crippen molar-refractivity contribution in [3.05, 3.63) is 22.4 Å². The monoisotopic (exact) mass is 284 g/mol. The molecule has 106 valence electrons. The van der Waals surface area contributed by atoms with E-state index in [1.54, 1.807) is 17.5 Å². The Kier molecular flexibility index (Phi) is 5.82. The number of carbonyl (C=O) groups is 2. The topological polar surface area (TPSA) is 78.4 Å². The normalized spacial score (nSPS) is 13.9. The smallest absolute Gasteiger partial charge is 0.331 e. The lowest BCUT2D eigenvalue weighted by Crippen LogP contribution is -2.46. The van der Waals surface area contributed by atoms with Crippen LogP contribution in [0.25, 0.3) is 0 Å². The summed E-state index contributed by atoms with van der Waals surface area (Å²) in [5, 5.41) is 16.2. The van der Waals surface area contributed by atoms with Crippen molar-refractivity contribution in [2.45, 2.75) is 39.3 Å². The van der Waals surface area contributed by atoms with Crippen LogP contribution in [0, 0.1) is 5.92 Å². The summed E-state index contributed by atoms with van der Waals surface area (Å²) in [4.78, 5) is 23.6. The van der Waals surface area contributed by atoms with E-state index in [0.29, 0.717) is 10.8 Å². The van der Waals surface area contributed by atoms with Crippen LogP contribution in [0.2, 0.25) is 0 Å². The molecule has 2 atom stereocenters. The Balaban J connectivity index is 2.65. The number of hydrogen-bond acceptors (Lipinski definition) is 3. The van der Waals surface area contributed by atoms with Crippen LogP contribution >= 0.6 is 11.3 Å². The van der Waals surface area contributed by atoms with Gasteiger partial charge in [-0.15, -0.1) is 11.3 Å². The van der Waals surface area contributed by atoms with Gasteiger partial charge in [0.2, 0.25) is 0 Å². The molecule has 1 aromatic heterocycles. The fourth-order valence-electron chi connectivity index (χ4n) is 1.79. The van der Waals surface area contributed by atoms with Gasteiger partial charge < -0.3 is 15.7 Å². The van der Waals surface area contributed by atoms with Gasteiger partial charge in [-0.25, -0.2) is 9.59 Å². The number of thiophene rings is 1. The summed E-state index contributed by atoms with van der Waals surface area (Å²) < 4.78 is 0. The molecule has 0 aliphatic rings. The highest BCUT2D eigenvalue weighted by Gasteiger charge is 2.24. The highest BCUT2D eigenvalue weighted by Crippen LogP contribution is 2.19. The fourth-order valence-corrected chi connectivity index (χ4v) is 2.56. The molecule has 0 aliphatic heterocycles. The van der Waals surface area contributed by atoms with Crippen molar-refractivity contribution in [2.24, 2.45) is 5.92 Å².